The van der Waals surface area contributed by atoms with Crippen molar-refractivity contribution < 1.29 is 18.7 Å². The van der Waals surface area contributed by atoms with Crippen molar-refractivity contribution in [3.63, 3.8) is 0 Å². The molecule has 2 atom stereocenters. The summed E-state index contributed by atoms with van der Waals surface area (Å²) in [6.45, 7) is 10.7. The Labute approximate surface area is 237 Å². The Hall–Kier alpha value is -2.98. The van der Waals surface area contributed by atoms with E-state index in [4.69, 9.17) is 30.5 Å². The molecule has 204 valence electrons. The molecule has 3 aromatic rings. The molecule has 2 aliphatic rings. The predicted octanol–water partition coefficient (Wildman–Crippen LogP) is 5.48. The molecule has 0 saturated carbocycles. The molecule has 0 spiro atoms. The van der Waals surface area contributed by atoms with E-state index in [2.05, 4.69) is 25.8 Å². The van der Waals surface area contributed by atoms with Gasteiger partial charge in [-0.05, 0) is 23.1 Å². The van der Waals surface area contributed by atoms with Crippen LogP contribution in [-0.2, 0) is 19.5 Å². The van der Waals surface area contributed by atoms with E-state index in [1.807, 2.05) is 72.5 Å². The van der Waals surface area contributed by atoms with E-state index in [0.29, 0.717) is 38.1 Å². The van der Waals surface area contributed by atoms with Crippen LogP contribution in [0.2, 0.25) is 10.2 Å². The molecule has 1 aromatic heterocycles. The van der Waals surface area contributed by atoms with Gasteiger partial charge < -0.3 is 18.8 Å². The summed E-state index contributed by atoms with van der Waals surface area (Å²) in [7, 11) is 0.124. The summed E-state index contributed by atoms with van der Waals surface area (Å²) in [5.74, 6) is 0.823. The summed E-state index contributed by atoms with van der Waals surface area (Å²) in [4.78, 5) is 26.5. The molecule has 39 heavy (non-hydrogen) atoms. The van der Waals surface area contributed by atoms with Gasteiger partial charge in [0.2, 0.25) is 15.7 Å². The second kappa shape index (κ2) is 11.2. The lowest BCUT2D eigenvalue weighted by molar-refractivity contribution is 0.0445. The highest BCUT2D eigenvalue weighted by atomic mass is 35.5. The summed E-state index contributed by atoms with van der Waals surface area (Å²) in [6.07, 6.45) is -1.03. The number of carbonyl (C=O) groups is 1. The zero-order valence-corrected chi connectivity index (χ0v) is 24.4. The number of aromatic nitrogens is 2. The second-order valence-corrected chi connectivity index (χ2v) is 13.1. The van der Waals surface area contributed by atoms with Crippen molar-refractivity contribution in [2.45, 2.75) is 50.5 Å². The third kappa shape index (κ3) is 5.67. The van der Waals surface area contributed by atoms with E-state index in [1.165, 1.54) is 0 Å². The topological polar surface area (TPSA) is 77.0 Å². The van der Waals surface area contributed by atoms with Gasteiger partial charge in [0.15, 0.2) is 0 Å². The Kier molecular flexibility index (Phi) is 7.95. The van der Waals surface area contributed by atoms with Crippen LogP contribution in [0, 0.1) is 0 Å². The van der Waals surface area contributed by atoms with Crippen molar-refractivity contribution in [2.24, 2.45) is 0 Å². The first-order valence-corrected chi connectivity index (χ1v) is 14.4. The van der Waals surface area contributed by atoms with Gasteiger partial charge in [0.1, 0.15) is 28.7 Å². The van der Waals surface area contributed by atoms with Gasteiger partial charge in [-0.1, -0.05) is 93.0 Å². The zero-order valence-electron chi connectivity index (χ0n) is 22.6. The van der Waals surface area contributed by atoms with Crippen molar-refractivity contribution in [1.82, 2.24) is 9.97 Å². The summed E-state index contributed by atoms with van der Waals surface area (Å²) in [5.41, 5.74) is 0.777. The predicted molar refractivity (Wildman–Crippen MR) is 153 cm³/mol. The minimum absolute atomic E-state index is 0.117. The van der Waals surface area contributed by atoms with Gasteiger partial charge >= 0.3 is 6.09 Å². The molecule has 8 nitrogen and oxygen atoms in total. The molecule has 1 amide bonds. The molecule has 0 N–H and O–H groups in total. The largest absolute Gasteiger partial charge is 0.444 e. The maximum Gasteiger partial charge on any atom is 0.416 e. The van der Waals surface area contributed by atoms with Crippen LogP contribution in [0.25, 0.3) is 0 Å². The molecule has 2 aliphatic heterocycles. The lowest BCUT2D eigenvalue weighted by atomic mass is 9.77. The summed E-state index contributed by atoms with van der Waals surface area (Å²) in [6, 6.07) is 21.1. The molecule has 10 heteroatoms. The fourth-order valence-electron chi connectivity index (χ4n) is 5.07. The molecule has 3 heterocycles. The Morgan fingerprint density at radius 1 is 0.974 bits per heavy atom. The van der Waals surface area contributed by atoms with Gasteiger partial charge in [-0.3, -0.25) is 4.90 Å². The lowest BCUT2D eigenvalue weighted by Crippen LogP contribution is -2.56. The maximum absolute atomic E-state index is 13.6. The van der Waals surface area contributed by atoms with Crippen LogP contribution >= 0.6 is 11.6 Å². The molecule has 0 aliphatic carbocycles. The Morgan fingerprint density at radius 2 is 1.56 bits per heavy atom. The van der Waals surface area contributed by atoms with E-state index in [9.17, 15) is 4.79 Å². The standard InChI is InChI=1S/C29H33ClN4O4Si/c1-20-25(34(27(35)37-20)24-19-23(30)31-26(32-24)33-15-17-36-18-16-33)29(38-39-28(2,3)4,21-11-7-5-8-12-21)22-13-9-6-10-14-22/h5-14,19-20,25H,15-18H2,1-4H3/t20-,25-/m0/s1. The number of carbonyl (C=O) groups excluding carboxylic acids is 1. The number of rotatable bonds is 7. The first kappa shape index (κ1) is 27.6. The molecule has 2 fully saturated rings. The highest BCUT2D eigenvalue weighted by Gasteiger charge is 2.56. The van der Waals surface area contributed by atoms with E-state index in [0.717, 1.165) is 11.1 Å². The van der Waals surface area contributed by atoms with Crippen LogP contribution in [-0.4, -0.2) is 64.3 Å². The molecule has 2 aromatic carbocycles. The highest BCUT2D eigenvalue weighted by Crippen LogP contribution is 2.46. The third-order valence-corrected chi connectivity index (χ3v) is 7.99. The molecular formula is C29H33ClN4O4Si. The summed E-state index contributed by atoms with van der Waals surface area (Å²) < 4.78 is 18.5. The van der Waals surface area contributed by atoms with E-state index in [1.54, 1.807) is 11.0 Å². The number of hydrogen-bond acceptors (Lipinski definition) is 7. The average molecular weight is 565 g/mol. The number of morpholine rings is 1. The van der Waals surface area contributed by atoms with Crippen LogP contribution in [0.15, 0.2) is 66.7 Å². The molecular weight excluding hydrogens is 532 g/mol. The first-order chi connectivity index (χ1) is 18.7. The number of ether oxygens (including phenoxy) is 2. The van der Waals surface area contributed by atoms with Gasteiger partial charge in [-0.25, -0.2) is 9.78 Å². The van der Waals surface area contributed by atoms with Crippen LogP contribution in [0.3, 0.4) is 0 Å². The van der Waals surface area contributed by atoms with Crippen molar-refractivity contribution in [1.29, 1.82) is 0 Å². The Balaban J connectivity index is 1.70. The Morgan fingerprint density at radius 3 is 2.13 bits per heavy atom. The van der Waals surface area contributed by atoms with Crippen LogP contribution in [0.1, 0.15) is 38.8 Å². The number of cyclic esters (lactones) is 1. The number of benzene rings is 2. The van der Waals surface area contributed by atoms with Crippen molar-refractivity contribution >= 4 is 39.2 Å². The van der Waals surface area contributed by atoms with Crippen molar-refractivity contribution in [3.8, 4) is 0 Å². The average Bonchev–Trinajstić information content (AvgIpc) is 3.23. The van der Waals surface area contributed by atoms with Crippen molar-refractivity contribution in [2.75, 3.05) is 36.1 Å². The van der Waals surface area contributed by atoms with Crippen LogP contribution < -0.4 is 9.80 Å². The van der Waals surface area contributed by atoms with E-state index < -0.39 is 23.8 Å². The number of anilines is 2. The van der Waals surface area contributed by atoms with Gasteiger partial charge in [0.25, 0.3) is 0 Å². The fourth-order valence-corrected chi connectivity index (χ4v) is 6.06. The first-order valence-electron chi connectivity index (χ1n) is 13.1. The molecule has 0 unspecified atom stereocenters. The molecule has 2 radical (unpaired) electrons. The minimum Gasteiger partial charge on any atom is -0.444 e. The lowest BCUT2D eigenvalue weighted by Gasteiger charge is -2.44. The fraction of sp³-hybridized carbons (Fsp3) is 0.414. The SMILES string of the molecule is C[C@@H]1OC(=O)N(c2cc(Cl)nc(N3CCOCC3)n2)[C@@H]1C(O[Si]C(C)(C)C)(c1ccccc1)c1ccccc1. The summed E-state index contributed by atoms with van der Waals surface area (Å²) in [5, 5.41) is 0.128. The highest BCUT2D eigenvalue weighted by molar-refractivity contribution is 6.32. The van der Waals surface area contributed by atoms with E-state index >= 15 is 0 Å². The smallest absolute Gasteiger partial charge is 0.416 e. The van der Waals surface area contributed by atoms with Gasteiger partial charge in [-0.15, -0.1) is 0 Å². The molecule has 0 bridgehead atoms. The molecule has 5 rings (SSSR count). The zero-order chi connectivity index (χ0) is 27.6. The van der Waals surface area contributed by atoms with Crippen molar-refractivity contribution in [3.05, 3.63) is 83.0 Å². The van der Waals surface area contributed by atoms with E-state index in [-0.39, 0.29) is 20.0 Å². The van der Waals surface area contributed by atoms with Crippen LogP contribution in [0.4, 0.5) is 16.6 Å². The normalized spacial score (nSPS) is 20.3. The van der Waals surface area contributed by atoms with Gasteiger partial charge in [0.05, 0.1) is 13.2 Å². The molecule has 2 saturated heterocycles. The quantitative estimate of drug-likeness (QED) is 0.278. The number of hydrogen-bond donors (Lipinski definition) is 0. The number of nitrogens with zero attached hydrogens (tertiary/aromatic N) is 4. The maximum atomic E-state index is 13.6. The number of amides is 1. The number of halogens is 1. The monoisotopic (exact) mass is 564 g/mol. The van der Waals surface area contributed by atoms with Crippen LogP contribution in [0.5, 0.6) is 0 Å². The minimum atomic E-state index is -1.06. The third-order valence-electron chi connectivity index (χ3n) is 6.76. The summed E-state index contributed by atoms with van der Waals surface area (Å²) >= 11 is 6.53. The Bertz CT molecular complexity index is 1250. The van der Waals surface area contributed by atoms with Gasteiger partial charge in [0, 0.05) is 19.2 Å². The second-order valence-electron chi connectivity index (χ2n) is 10.8. The van der Waals surface area contributed by atoms with Gasteiger partial charge in [-0.2, -0.15) is 4.98 Å².